The van der Waals surface area contributed by atoms with Crippen molar-refractivity contribution in [1.29, 1.82) is 0 Å². The van der Waals surface area contributed by atoms with E-state index in [0.717, 1.165) is 4.90 Å². The number of rotatable bonds is 6. The van der Waals surface area contributed by atoms with Crippen LogP contribution in [0.1, 0.15) is 28.8 Å². The number of benzene rings is 2. The number of imide groups is 2. The van der Waals surface area contributed by atoms with E-state index in [1.165, 1.54) is 42.5 Å². The first-order valence-corrected chi connectivity index (χ1v) is 9.65. The maximum absolute atomic E-state index is 12.8. The van der Waals surface area contributed by atoms with Crippen LogP contribution in [-0.2, 0) is 14.4 Å². The van der Waals surface area contributed by atoms with Gasteiger partial charge in [-0.1, -0.05) is 0 Å². The zero-order valence-electron chi connectivity index (χ0n) is 17.3. The first-order valence-electron chi connectivity index (χ1n) is 9.65. The van der Waals surface area contributed by atoms with E-state index in [1.54, 1.807) is 6.92 Å². The monoisotopic (exact) mass is 454 g/mol. The number of amides is 5. The third kappa shape index (κ3) is 5.36. The van der Waals surface area contributed by atoms with Crippen LogP contribution >= 0.6 is 0 Å². The minimum atomic E-state index is -1.10. The van der Waals surface area contributed by atoms with Crippen molar-refractivity contribution in [2.24, 2.45) is 0 Å². The summed E-state index contributed by atoms with van der Waals surface area (Å²) >= 11 is 0. The molecule has 0 bridgehead atoms. The van der Waals surface area contributed by atoms with E-state index < -0.39 is 34.8 Å². The number of nitrogens with zero attached hydrogens (tertiary/aromatic N) is 2. The van der Waals surface area contributed by atoms with Gasteiger partial charge in [0.15, 0.2) is 0 Å². The van der Waals surface area contributed by atoms with Crippen LogP contribution in [0.5, 0.6) is 5.75 Å². The molecule has 33 heavy (non-hydrogen) atoms. The molecule has 170 valence electrons. The highest BCUT2D eigenvalue weighted by Gasteiger charge is 2.35. The van der Waals surface area contributed by atoms with Crippen LogP contribution in [0, 0.1) is 17.0 Å². The largest absolute Gasteiger partial charge is 0.417 e. The standard InChI is InChI=1S/C21H18N4O8/c1-12-10-13(22-21(30)33-15-5-3-14(4-6-15)25(31)32)2-7-16(12)20(29)24(11-26)17-8-9-18(27)23-19(17)28/h2-7,10-11,17H,8-9H2,1H3,(H,22,30)(H,23,27,28). The molecule has 5 amide bonds. The summed E-state index contributed by atoms with van der Waals surface area (Å²) in [6.45, 7) is 1.58. The van der Waals surface area contributed by atoms with E-state index in [-0.39, 0.29) is 41.9 Å². The van der Waals surface area contributed by atoms with Gasteiger partial charge in [-0.15, -0.1) is 0 Å². The van der Waals surface area contributed by atoms with Gasteiger partial charge in [0.2, 0.25) is 18.2 Å². The number of carbonyl (C=O) groups excluding carboxylic acids is 5. The Balaban J connectivity index is 1.68. The molecule has 2 aromatic carbocycles. The van der Waals surface area contributed by atoms with E-state index in [0.29, 0.717) is 5.56 Å². The van der Waals surface area contributed by atoms with E-state index >= 15 is 0 Å². The van der Waals surface area contributed by atoms with Crippen molar-refractivity contribution >= 4 is 41.6 Å². The molecule has 2 aromatic rings. The Labute approximate surface area is 186 Å². The highest BCUT2D eigenvalue weighted by atomic mass is 16.6. The topological polar surface area (TPSA) is 165 Å². The number of piperidine rings is 1. The summed E-state index contributed by atoms with van der Waals surface area (Å²) in [6.07, 6.45) is -0.578. The second-order valence-corrected chi connectivity index (χ2v) is 7.08. The number of carbonyl (C=O) groups is 5. The maximum Gasteiger partial charge on any atom is 0.417 e. The van der Waals surface area contributed by atoms with Gasteiger partial charge in [0.25, 0.3) is 11.6 Å². The zero-order chi connectivity index (χ0) is 24.1. The molecule has 12 nitrogen and oxygen atoms in total. The maximum atomic E-state index is 12.8. The first-order chi connectivity index (χ1) is 15.7. The third-order valence-corrected chi connectivity index (χ3v) is 4.86. The summed E-state index contributed by atoms with van der Waals surface area (Å²) in [5, 5.41) is 15.2. The third-order valence-electron chi connectivity index (χ3n) is 4.86. The van der Waals surface area contributed by atoms with Crippen LogP contribution in [0.15, 0.2) is 42.5 Å². The molecule has 0 radical (unpaired) electrons. The summed E-state index contributed by atoms with van der Waals surface area (Å²) < 4.78 is 5.06. The van der Waals surface area contributed by atoms with E-state index in [1.807, 2.05) is 0 Å². The number of anilines is 1. The summed E-state index contributed by atoms with van der Waals surface area (Å²) in [5.74, 6) is -1.83. The van der Waals surface area contributed by atoms with Gasteiger partial charge in [0.05, 0.1) is 4.92 Å². The molecule has 1 aliphatic heterocycles. The van der Waals surface area contributed by atoms with Gasteiger partial charge in [0, 0.05) is 29.8 Å². The van der Waals surface area contributed by atoms with E-state index in [9.17, 15) is 34.1 Å². The smallest absolute Gasteiger partial charge is 0.410 e. The van der Waals surface area contributed by atoms with Crippen molar-refractivity contribution in [3.63, 3.8) is 0 Å². The number of ether oxygens (including phenoxy) is 1. The van der Waals surface area contributed by atoms with Crippen LogP contribution in [0.4, 0.5) is 16.2 Å². The quantitative estimate of drug-likeness (QED) is 0.289. The number of hydrogen-bond acceptors (Lipinski definition) is 8. The van der Waals surface area contributed by atoms with Gasteiger partial charge in [0.1, 0.15) is 11.8 Å². The van der Waals surface area contributed by atoms with Crippen molar-refractivity contribution in [2.75, 3.05) is 5.32 Å². The number of nitro benzene ring substituents is 1. The summed E-state index contributed by atoms with van der Waals surface area (Å²) in [4.78, 5) is 70.6. The molecule has 0 aliphatic carbocycles. The predicted molar refractivity (Wildman–Crippen MR) is 112 cm³/mol. The molecular formula is C21H18N4O8. The predicted octanol–water partition coefficient (Wildman–Crippen LogP) is 1.92. The van der Waals surface area contributed by atoms with Crippen LogP contribution in [0.25, 0.3) is 0 Å². The molecule has 3 rings (SSSR count). The summed E-state index contributed by atoms with van der Waals surface area (Å²) in [5.41, 5.74) is 0.670. The average molecular weight is 454 g/mol. The Bertz CT molecular complexity index is 1150. The molecule has 0 aromatic heterocycles. The van der Waals surface area contributed by atoms with Gasteiger partial charge < -0.3 is 4.74 Å². The van der Waals surface area contributed by atoms with Gasteiger partial charge in [-0.2, -0.15) is 0 Å². The fraction of sp³-hybridized carbons (Fsp3) is 0.190. The molecule has 2 N–H and O–H groups in total. The second-order valence-electron chi connectivity index (χ2n) is 7.08. The Morgan fingerprint density at radius 2 is 1.91 bits per heavy atom. The molecule has 1 fully saturated rings. The molecule has 1 unspecified atom stereocenters. The molecule has 1 saturated heterocycles. The molecule has 1 heterocycles. The highest BCUT2D eigenvalue weighted by Crippen LogP contribution is 2.21. The lowest BCUT2D eigenvalue weighted by molar-refractivity contribution is -0.384. The average Bonchev–Trinajstić information content (AvgIpc) is 2.76. The van der Waals surface area contributed by atoms with Gasteiger partial charge in [-0.25, -0.2) is 4.79 Å². The number of nitrogens with one attached hydrogen (secondary N) is 2. The molecule has 1 atom stereocenters. The Hall–Kier alpha value is -4.61. The number of aryl methyl sites for hydroxylation is 1. The van der Waals surface area contributed by atoms with E-state index in [2.05, 4.69) is 10.6 Å². The molecule has 1 aliphatic rings. The number of nitro groups is 1. The Kier molecular flexibility index (Phi) is 6.77. The van der Waals surface area contributed by atoms with Gasteiger partial charge in [-0.05, 0) is 49.2 Å². The van der Waals surface area contributed by atoms with E-state index in [4.69, 9.17) is 4.74 Å². The minimum Gasteiger partial charge on any atom is -0.410 e. The zero-order valence-corrected chi connectivity index (χ0v) is 17.3. The first kappa shape index (κ1) is 23.1. The van der Waals surface area contributed by atoms with Crippen molar-refractivity contribution in [1.82, 2.24) is 10.2 Å². The lowest BCUT2D eigenvalue weighted by atomic mass is 10.0. The van der Waals surface area contributed by atoms with Crippen molar-refractivity contribution in [2.45, 2.75) is 25.8 Å². The molecular weight excluding hydrogens is 436 g/mol. The molecule has 0 spiro atoms. The highest BCUT2D eigenvalue weighted by molar-refractivity contribution is 6.07. The molecule has 0 saturated carbocycles. The summed E-state index contributed by atoms with van der Waals surface area (Å²) in [6, 6.07) is 8.08. The normalized spacial score (nSPS) is 15.2. The SMILES string of the molecule is Cc1cc(NC(=O)Oc2ccc([N+](=O)[O-])cc2)ccc1C(=O)N(C=O)C1CCC(=O)NC1=O. The van der Waals surface area contributed by atoms with Crippen LogP contribution in [0.2, 0.25) is 0 Å². The van der Waals surface area contributed by atoms with Crippen molar-refractivity contribution < 1.29 is 33.6 Å². The fourth-order valence-corrected chi connectivity index (χ4v) is 3.22. The van der Waals surface area contributed by atoms with Crippen LogP contribution in [0.3, 0.4) is 0 Å². The minimum absolute atomic E-state index is 0.00669. The van der Waals surface area contributed by atoms with Gasteiger partial charge in [-0.3, -0.25) is 44.8 Å². The summed E-state index contributed by atoms with van der Waals surface area (Å²) in [7, 11) is 0. The van der Waals surface area contributed by atoms with Crippen LogP contribution < -0.4 is 15.4 Å². The van der Waals surface area contributed by atoms with Crippen LogP contribution in [-0.4, -0.2) is 46.1 Å². The lowest BCUT2D eigenvalue weighted by Crippen LogP contribution is -2.53. The van der Waals surface area contributed by atoms with Gasteiger partial charge >= 0.3 is 6.09 Å². The Morgan fingerprint density at radius 3 is 2.48 bits per heavy atom. The number of non-ortho nitro benzene ring substituents is 1. The lowest BCUT2D eigenvalue weighted by Gasteiger charge is -2.28. The van der Waals surface area contributed by atoms with Crippen molar-refractivity contribution in [3.05, 3.63) is 63.7 Å². The second kappa shape index (κ2) is 9.68. The fourth-order valence-electron chi connectivity index (χ4n) is 3.22. The van der Waals surface area contributed by atoms with Crippen molar-refractivity contribution in [3.8, 4) is 5.75 Å². The Morgan fingerprint density at radius 1 is 1.21 bits per heavy atom. The molecule has 12 heteroatoms. The number of hydrogen-bond donors (Lipinski definition) is 2.